The van der Waals surface area contributed by atoms with Gasteiger partial charge in [0.1, 0.15) is 0 Å². The first kappa shape index (κ1) is 12.5. The van der Waals surface area contributed by atoms with Crippen molar-refractivity contribution in [2.75, 3.05) is 18.1 Å². The molecular weight excluding hydrogens is 266 g/mol. The summed E-state index contributed by atoms with van der Waals surface area (Å²) in [6, 6.07) is 0. The number of amidine groups is 1. The molecule has 7 nitrogen and oxygen atoms in total. The van der Waals surface area contributed by atoms with Gasteiger partial charge in [0, 0.05) is 18.9 Å². The highest BCUT2D eigenvalue weighted by Gasteiger charge is 2.36. The molecule has 0 spiro atoms. The van der Waals surface area contributed by atoms with E-state index in [0.717, 1.165) is 0 Å². The zero-order valence-corrected chi connectivity index (χ0v) is 10.5. The highest BCUT2D eigenvalue weighted by Crippen LogP contribution is 2.25. The zero-order valence-electron chi connectivity index (χ0n) is 8.83. The minimum absolute atomic E-state index is 0.129. The van der Waals surface area contributed by atoms with Gasteiger partial charge < -0.3 is 0 Å². The van der Waals surface area contributed by atoms with Gasteiger partial charge in [-0.1, -0.05) is 11.8 Å². The number of thioether (sulfide) groups is 1. The summed E-state index contributed by atoms with van der Waals surface area (Å²) >= 11 is 1.20. The number of primary sulfonamides is 1. The molecule has 0 bridgehead atoms. The van der Waals surface area contributed by atoms with Crippen molar-refractivity contribution >= 4 is 38.8 Å². The normalized spacial score (nSPS) is 25.6. The highest BCUT2D eigenvalue weighted by molar-refractivity contribution is 8.14. The summed E-state index contributed by atoms with van der Waals surface area (Å²) in [6.45, 7) is 0.258. The van der Waals surface area contributed by atoms with E-state index in [9.17, 15) is 18.0 Å². The maximum atomic E-state index is 11.6. The summed E-state index contributed by atoms with van der Waals surface area (Å²) in [6.07, 6.45) is 0.129. The molecular formula is C8H11N3O4S2. The summed E-state index contributed by atoms with van der Waals surface area (Å²) in [7, 11) is -3.58. The fourth-order valence-electron chi connectivity index (χ4n) is 1.84. The Morgan fingerprint density at radius 1 is 1.47 bits per heavy atom. The molecule has 0 aliphatic carbocycles. The summed E-state index contributed by atoms with van der Waals surface area (Å²) in [5.74, 6) is -0.788. The Morgan fingerprint density at radius 3 is 2.71 bits per heavy atom. The molecule has 9 heteroatoms. The zero-order chi connectivity index (χ0) is 12.6. The van der Waals surface area contributed by atoms with Gasteiger partial charge >= 0.3 is 0 Å². The van der Waals surface area contributed by atoms with Gasteiger partial charge in [-0.15, -0.1) is 0 Å². The molecule has 1 unspecified atom stereocenters. The number of hydrogen-bond donors (Lipinski definition) is 1. The van der Waals surface area contributed by atoms with Gasteiger partial charge in [0.05, 0.1) is 11.5 Å². The Kier molecular flexibility index (Phi) is 3.23. The molecule has 2 aliphatic heterocycles. The number of carbonyl (C=O) groups is 2. The van der Waals surface area contributed by atoms with E-state index in [2.05, 4.69) is 4.99 Å². The topological polar surface area (TPSA) is 110 Å². The number of nitrogens with zero attached hydrogens (tertiary/aromatic N) is 2. The van der Waals surface area contributed by atoms with Gasteiger partial charge in [0.15, 0.2) is 5.17 Å². The summed E-state index contributed by atoms with van der Waals surface area (Å²) in [4.78, 5) is 27.7. The number of amides is 2. The molecule has 0 aromatic carbocycles. The number of carbonyl (C=O) groups excluding carboxylic acids is 2. The minimum Gasteiger partial charge on any atom is -0.291 e. The molecule has 17 heavy (non-hydrogen) atoms. The SMILES string of the molecule is NS(=O)(=O)CC1CC(=O)N(C2=NC(=O)CS2)C1. The fraction of sp³-hybridized carbons (Fsp3) is 0.625. The van der Waals surface area contributed by atoms with E-state index in [0.29, 0.717) is 5.17 Å². The van der Waals surface area contributed by atoms with E-state index >= 15 is 0 Å². The molecule has 94 valence electrons. The molecule has 2 rings (SSSR count). The Labute approximate surface area is 102 Å². The molecule has 2 N–H and O–H groups in total. The van der Waals surface area contributed by atoms with Crippen LogP contribution >= 0.6 is 11.8 Å². The van der Waals surface area contributed by atoms with Crippen LogP contribution in [0.5, 0.6) is 0 Å². The number of rotatable bonds is 2. The molecule has 2 amide bonds. The molecule has 2 aliphatic rings. The second-order valence-corrected chi connectivity index (χ2v) is 6.58. The first-order chi connectivity index (χ1) is 7.85. The van der Waals surface area contributed by atoms with Crippen LogP contribution in [0.4, 0.5) is 0 Å². The van der Waals surface area contributed by atoms with Crippen molar-refractivity contribution in [2.24, 2.45) is 16.0 Å². The van der Waals surface area contributed by atoms with Crippen LogP contribution in [0.3, 0.4) is 0 Å². The second kappa shape index (κ2) is 4.39. The number of aliphatic imine (C=N–C) groups is 1. The first-order valence-corrected chi connectivity index (χ1v) is 7.60. The van der Waals surface area contributed by atoms with E-state index in [-0.39, 0.29) is 42.2 Å². The maximum Gasteiger partial charge on any atom is 0.258 e. The van der Waals surface area contributed by atoms with Gasteiger partial charge in [-0.25, -0.2) is 13.6 Å². The molecule has 2 heterocycles. The number of sulfonamides is 1. The predicted molar refractivity (Wildman–Crippen MR) is 62.7 cm³/mol. The lowest BCUT2D eigenvalue weighted by Gasteiger charge is -2.14. The average molecular weight is 277 g/mol. The third kappa shape index (κ3) is 3.05. The molecule has 1 fully saturated rings. The minimum atomic E-state index is -3.58. The summed E-state index contributed by atoms with van der Waals surface area (Å²) in [5, 5.41) is 5.31. The third-order valence-electron chi connectivity index (χ3n) is 2.45. The van der Waals surface area contributed by atoms with Crippen LogP contribution < -0.4 is 5.14 Å². The van der Waals surface area contributed by atoms with Gasteiger partial charge in [-0.2, -0.15) is 4.99 Å². The Bertz CT molecular complexity index is 499. The standard InChI is InChI=1S/C8H11N3O4S2/c9-17(14,15)4-5-1-7(13)11(2-5)8-10-6(12)3-16-8/h5H,1-4H2,(H2,9,14,15). The number of hydrogen-bond acceptors (Lipinski definition) is 5. The first-order valence-electron chi connectivity index (χ1n) is 4.90. The van der Waals surface area contributed by atoms with Crippen molar-refractivity contribution < 1.29 is 18.0 Å². The van der Waals surface area contributed by atoms with Crippen LogP contribution in [-0.2, 0) is 19.6 Å². The van der Waals surface area contributed by atoms with E-state index in [4.69, 9.17) is 5.14 Å². The summed E-state index contributed by atoms with van der Waals surface area (Å²) in [5.41, 5.74) is 0. The van der Waals surface area contributed by atoms with Gasteiger partial charge in [0.25, 0.3) is 5.91 Å². The molecule has 0 saturated carbocycles. The monoisotopic (exact) mass is 277 g/mol. The maximum absolute atomic E-state index is 11.6. The van der Waals surface area contributed by atoms with Crippen molar-refractivity contribution in [3.63, 3.8) is 0 Å². The lowest BCUT2D eigenvalue weighted by Crippen LogP contribution is -2.30. The van der Waals surface area contributed by atoms with Gasteiger partial charge in [-0.3, -0.25) is 14.5 Å². The van der Waals surface area contributed by atoms with Crippen molar-refractivity contribution in [1.82, 2.24) is 4.90 Å². The quantitative estimate of drug-likeness (QED) is 0.678. The van der Waals surface area contributed by atoms with Gasteiger partial charge in [-0.05, 0) is 0 Å². The fourth-order valence-corrected chi connectivity index (χ4v) is 3.54. The summed E-state index contributed by atoms with van der Waals surface area (Å²) < 4.78 is 21.9. The van der Waals surface area contributed by atoms with Crippen LogP contribution in [0.1, 0.15) is 6.42 Å². The number of likely N-dealkylation sites (tertiary alicyclic amines) is 1. The number of nitrogens with two attached hydrogens (primary N) is 1. The Balaban J connectivity index is 2.06. The molecule has 0 radical (unpaired) electrons. The molecule has 0 aromatic heterocycles. The second-order valence-electron chi connectivity index (χ2n) is 3.98. The van der Waals surface area contributed by atoms with Crippen molar-refractivity contribution in [3.8, 4) is 0 Å². The van der Waals surface area contributed by atoms with Crippen LogP contribution in [-0.4, -0.2) is 48.4 Å². The van der Waals surface area contributed by atoms with E-state index in [1.54, 1.807) is 0 Å². The Hall–Kier alpha value is -0.930. The van der Waals surface area contributed by atoms with Crippen LogP contribution in [0.2, 0.25) is 0 Å². The third-order valence-corrected chi connectivity index (χ3v) is 4.35. The highest BCUT2D eigenvalue weighted by atomic mass is 32.2. The molecule has 0 aromatic rings. The van der Waals surface area contributed by atoms with Crippen LogP contribution in [0.15, 0.2) is 4.99 Å². The Morgan fingerprint density at radius 2 is 2.18 bits per heavy atom. The van der Waals surface area contributed by atoms with Crippen LogP contribution in [0, 0.1) is 5.92 Å². The largest absolute Gasteiger partial charge is 0.291 e. The predicted octanol–water partition coefficient (Wildman–Crippen LogP) is -1.25. The lowest BCUT2D eigenvalue weighted by molar-refractivity contribution is -0.124. The van der Waals surface area contributed by atoms with Crippen molar-refractivity contribution in [2.45, 2.75) is 6.42 Å². The van der Waals surface area contributed by atoms with Gasteiger partial charge in [0.2, 0.25) is 15.9 Å². The average Bonchev–Trinajstić information content (AvgIpc) is 2.70. The van der Waals surface area contributed by atoms with Crippen molar-refractivity contribution in [1.29, 1.82) is 0 Å². The van der Waals surface area contributed by atoms with E-state index in [1.165, 1.54) is 16.7 Å². The van der Waals surface area contributed by atoms with Crippen LogP contribution in [0.25, 0.3) is 0 Å². The van der Waals surface area contributed by atoms with Crippen molar-refractivity contribution in [3.05, 3.63) is 0 Å². The van der Waals surface area contributed by atoms with E-state index < -0.39 is 10.0 Å². The molecule has 1 atom stereocenters. The molecule has 1 saturated heterocycles. The lowest BCUT2D eigenvalue weighted by atomic mass is 10.1. The van der Waals surface area contributed by atoms with E-state index in [1.807, 2.05) is 0 Å². The smallest absolute Gasteiger partial charge is 0.258 e.